The molecule has 26 heavy (non-hydrogen) atoms. The van der Waals surface area contributed by atoms with Crippen molar-refractivity contribution in [2.75, 3.05) is 0 Å². The number of benzene rings is 3. The van der Waals surface area contributed by atoms with Crippen LogP contribution in [0.3, 0.4) is 0 Å². The number of azo groups is 1. The van der Waals surface area contributed by atoms with Gasteiger partial charge in [-0.25, -0.2) is 0 Å². The zero-order valence-corrected chi connectivity index (χ0v) is 16.0. The molecule has 124 valence electrons. The van der Waals surface area contributed by atoms with Crippen LogP contribution in [0, 0.1) is 0 Å². The maximum atomic E-state index is 10.9. The van der Waals surface area contributed by atoms with Crippen LogP contribution in [0.5, 0.6) is 11.5 Å². The summed E-state index contributed by atoms with van der Waals surface area (Å²) in [5, 5.41) is 37.6. The van der Waals surface area contributed by atoms with Crippen molar-refractivity contribution in [1.82, 2.24) is 0 Å². The van der Waals surface area contributed by atoms with E-state index in [1.165, 1.54) is 18.2 Å². The Morgan fingerprint density at radius 2 is 1.27 bits per heavy atom. The summed E-state index contributed by atoms with van der Waals surface area (Å²) in [6.07, 6.45) is 0. The number of phenols is 2. The predicted octanol–water partition coefficient (Wildman–Crippen LogP) is 0.548. The fourth-order valence-electron chi connectivity index (χ4n) is 2.24. The summed E-state index contributed by atoms with van der Waals surface area (Å²) < 4.78 is 0. The van der Waals surface area contributed by atoms with Crippen LogP contribution in [0.1, 0.15) is 10.4 Å². The molecule has 6 nitrogen and oxygen atoms in total. The normalized spacial score (nSPS) is 10.5. The quantitative estimate of drug-likeness (QED) is 0.526. The number of rotatable bonds is 4. The van der Waals surface area contributed by atoms with Gasteiger partial charge in [0.1, 0.15) is 11.5 Å². The van der Waals surface area contributed by atoms with Crippen molar-refractivity contribution in [3.8, 4) is 22.6 Å². The summed E-state index contributed by atoms with van der Waals surface area (Å²) in [6, 6.07) is 18.0. The van der Waals surface area contributed by atoms with Gasteiger partial charge in [0.15, 0.2) is 0 Å². The number of aromatic carboxylic acids is 1. The second-order valence-corrected chi connectivity index (χ2v) is 5.28. The molecular formula is C19H13N2NaO4. The summed E-state index contributed by atoms with van der Waals surface area (Å²) in [5.74, 6) is -1.65. The molecule has 3 aromatic carbocycles. The van der Waals surface area contributed by atoms with Gasteiger partial charge in [-0.15, -0.1) is 0 Å². The average molecular weight is 356 g/mol. The number of carbonyl (C=O) groups is 1. The van der Waals surface area contributed by atoms with E-state index >= 15 is 0 Å². The Hall–Kier alpha value is -2.67. The van der Waals surface area contributed by atoms with Crippen LogP contribution in [0.4, 0.5) is 11.4 Å². The Bertz CT molecular complexity index is 939. The van der Waals surface area contributed by atoms with E-state index in [0.29, 0.717) is 11.4 Å². The van der Waals surface area contributed by atoms with E-state index in [-0.39, 0.29) is 46.6 Å². The van der Waals surface area contributed by atoms with Gasteiger partial charge < -0.3 is 20.1 Å². The van der Waals surface area contributed by atoms with Crippen molar-refractivity contribution in [1.29, 1.82) is 0 Å². The van der Waals surface area contributed by atoms with Crippen molar-refractivity contribution in [3.63, 3.8) is 0 Å². The summed E-state index contributed by atoms with van der Waals surface area (Å²) in [7, 11) is 0. The smallest absolute Gasteiger partial charge is 0.545 e. The van der Waals surface area contributed by atoms with Crippen LogP contribution in [-0.2, 0) is 0 Å². The molecule has 0 spiro atoms. The van der Waals surface area contributed by atoms with Crippen LogP contribution in [0.25, 0.3) is 11.1 Å². The third-order valence-corrected chi connectivity index (χ3v) is 3.55. The van der Waals surface area contributed by atoms with Crippen molar-refractivity contribution < 1.29 is 49.7 Å². The first-order valence-electron chi connectivity index (χ1n) is 7.38. The first-order valence-corrected chi connectivity index (χ1v) is 7.38. The molecule has 7 heteroatoms. The minimum absolute atomic E-state index is 0. The van der Waals surface area contributed by atoms with Gasteiger partial charge >= 0.3 is 29.6 Å². The van der Waals surface area contributed by atoms with E-state index in [1.807, 2.05) is 24.3 Å². The molecule has 3 rings (SSSR count). The molecule has 0 unspecified atom stereocenters. The summed E-state index contributed by atoms with van der Waals surface area (Å²) in [6.45, 7) is 0. The van der Waals surface area contributed by atoms with Crippen LogP contribution in [-0.4, -0.2) is 16.2 Å². The van der Waals surface area contributed by atoms with Crippen molar-refractivity contribution in [2.45, 2.75) is 0 Å². The van der Waals surface area contributed by atoms with Gasteiger partial charge in [0.25, 0.3) is 0 Å². The van der Waals surface area contributed by atoms with Crippen molar-refractivity contribution in [2.24, 2.45) is 10.2 Å². The molecule has 0 aromatic heterocycles. The Morgan fingerprint density at radius 3 is 1.85 bits per heavy atom. The Labute approximate surface area is 171 Å². The maximum absolute atomic E-state index is 10.9. The number of carboxylic acid groups (broad SMARTS) is 1. The molecule has 0 aliphatic rings. The molecule has 0 saturated carbocycles. The second-order valence-electron chi connectivity index (χ2n) is 5.28. The van der Waals surface area contributed by atoms with Gasteiger partial charge in [-0.05, 0) is 53.6 Å². The molecule has 0 amide bonds. The van der Waals surface area contributed by atoms with Gasteiger partial charge in [0.2, 0.25) is 0 Å². The van der Waals surface area contributed by atoms with E-state index in [2.05, 4.69) is 10.2 Å². The first-order chi connectivity index (χ1) is 12.0. The summed E-state index contributed by atoms with van der Waals surface area (Å²) >= 11 is 0. The molecule has 0 fully saturated rings. The third kappa shape index (κ3) is 4.70. The van der Waals surface area contributed by atoms with Gasteiger partial charge in [-0.1, -0.05) is 24.3 Å². The number of carboxylic acids is 1. The minimum Gasteiger partial charge on any atom is -0.545 e. The van der Waals surface area contributed by atoms with Gasteiger partial charge in [0, 0.05) is 5.56 Å². The zero-order valence-electron chi connectivity index (χ0n) is 14.0. The molecule has 0 radical (unpaired) electrons. The second kappa shape index (κ2) is 8.62. The van der Waals surface area contributed by atoms with E-state index in [1.54, 1.807) is 24.3 Å². The molecule has 3 aromatic rings. The molecule has 0 aliphatic carbocycles. The zero-order chi connectivity index (χ0) is 17.8. The molecule has 0 aliphatic heterocycles. The molecule has 2 N–H and O–H groups in total. The number of nitrogens with zero attached hydrogens (tertiary/aromatic N) is 2. The number of hydrogen-bond acceptors (Lipinski definition) is 6. The van der Waals surface area contributed by atoms with Crippen LogP contribution < -0.4 is 34.7 Å². The Kier molecular flexibility index (Phi) is 6.52. The summed E-state index contributed by atoms with van der Waals surface area (Å²) in [4.78, 5) is 10.9. The number of phenolic OH excluding ortho intramolecular Hbond substituents is 1. The Balaban J connectivity index is 0.00000243. The monoisotopic (exact) mass is 356 g/mol. The molecule has 0 saturated heterocycles. The minimum atomic E-state index is -1.48. The molecule has 0 atom stereocenters. The molecule has 0 bridgehead atoms. The maximum Gasteiger partial charge on any atom is 1.00 e. The van der Waals surface area contributed by atoms with E-state index in [0.717, 1.165) is 11.1 Å². The number of carbonyl (C=O) groups excluding carboxylic acids is 1. The third-order valence-electron chi connectivity index (χ3n) is 3.55. The SMILES string of the molecule is O=C([O-])c1cc(N=Nc2ccc(-c3ccc(O)cc3)cc2)ccc1O.[Na+]. The van der Waals surface area contributed by atoms with Crippen LogP contribution in [0.15, 0.2) is 77.0 Å². The first kappa shape index (κ1) is 19.7. The van der Waals surface area contributed by atoms with Crippen molar-refractivity contribution >= 4 is 17.3 Å². The predicted molar refractivity (Wildman–Crippen MR) is 90.2 cm³/mol. The van der Waals surface area contributed by atoms with Gasteiger partial charge in [-0.3, -0.25) is 0 Å². The van der Waals surface area contributed by atoms with Crippen LogP contribution in [0.2, 0.25) is 0 Å². The van der Waals surface area contributed by atoms with Crippen LogP contribution >= 0.6 is 0 Å². The standard InChI is InChI=1S/C19H14N2O4.Na/c22-16-8-3-13(4-9-16)12-1-5-14(6-2-12)20-21-15-7-10-18(23)17(11-15)19(24)25;/h1-11,22-23H,(H,24,25);/q;+1/p-1. The largest absolute Gasteiger partial charge is 1.00 e. The van der Waals surface area contributed by atoms with E-state index in [9.17, 15) is 20.1 Å². The van der Waals surface area contributed by atoms with Gasteiger partial charge in [0.05, 0.1) is 17.3 Å². The molecular weight excluding hydrogens is 343 g/mol. The van der Waals surface area contributed by atoms with Crippen molar-refractivity contribution in [3.05, 3.63) is 72.3 Å². The Morgan fingerprint density at radius 1 is 0.769 bits per heavy atom. The average Bonchev–Trinajstić information content (AvgIpc) is 2.62. The topological polar surface area (TPSA) is 105 Å². The number of aromatic hydroxyl groups is 2. The fraction of sp³-hybridized carbons (Fsp3) is 0. The fourth-order valence-corrected chi connectivity index (χ4v) is 2.24. The number of hydrogen-bond donors (Lipinski definition) is 2. The van der Waals surface area contributed by atoms with Gasteiger partial charge in [-0.2, -0.15) is 10.2 Å². The molecule has 0 heterocycles. The van der Waals surface area contributed by atoms with E-state index in [4.69, 9.17) is 0 Å². The summed E-state index contributed by atoms with van der Waals surface area (Å²) in [5.41, 5.74) is 2.46. The van der Waals surface area contributed by atoms with E-state index < -0.39 is 5.97 Å².